The predicted molar refractivity (Wildman–Crippen MR) is 131 cm³/mol. The number of piperidine rings is 1. The van der Waals surface area contributed by atoms with Crippen molar-refractivity contribution in [3.63, 3.8) is 0 Å². The monoisotopic (exact) mass is 437 g/mol. The molecule has 5 heteroatoms. The number of rotatable bonds is 5. The number of nitrogens with zero attached hydrogens (tertiary/aromatic N) is 3. The van der Waals surface area contributed by atoms with E-state index in [2.05, 4.69) is 29.4 Å². The van der Waals surface area contributed by atoms with Crippen molar-refractivity contribution >= 4 is 16.7 Å². The standard InChI is InChI=1S/C28H27N3O2/c32-27-25-14-8-7-13-24(25)26(29-31(27)23-11-5-2-6-12-23)28(33)30-19-17-22(18-20-30)16-15-21-9-3-1-4-10-21/h1-14,22H,15-20H2. The summed E-state index contributed by atoms with van der Waals surface area (Å²) >= 11 is 0. The molecule has 4 aromatic rings. The number of hydrogen-bond donors (Lipinski definition) is 0. The Hall–Kier alpha value is -3.73. The van der Waals surface area contributed by atoms with Crippen molar-refractivity contribution in [3.8, 4) is 5.69 Å². The molecular formula is C28H27N3O2. The third-order valence-corrected chi connectivity index (χ3v) is 6.59. The van der Waals surface area contributed by atoms with Gasteiger partial charge in [0.2, 0.25) is 0 Å². The Balaban J connectivity index is 1.37. The van der Waals surface area contributed by atoms with Crippen molar-refractivity contribution in [3.05, 3.63) is 107 Å². The second kappa shape index (κ2) is 9.41. The Morgan fingerprint density at radius 2 is 1.42 bits per heavy atom. The summed E-state index contributed by atoms with van der Waals surface area (Å²) in [5, 5.41) is 5.68. The molecule has 166 valence electrons. The van der Waals surface area contributed by atoms with Crippen molar-refractivity contribution in [2.24, 2.45) is 5.92 Å². The van der Waals surface area contributed by atoms with E-state index in [1.54, 1.807) is 6.07 Å². The van der Waals surface area contributed by atoms with E-state index >= 15 is 0 Å². The van der Waals surface area contributed by atoms with Crippen LogP contribution in [0.1, 0.15) is 35.3 Å². The Morgan fingerprint density at radius 3 is 2.12 bits per heavy atom. The molecule has 2 heterocycles. The predicted octanol–water partition coefficient (Wildman–Crippen LogP) is 4.87. The summed E-state index contributed by atoms with van der Waals surface area (Å²) in [5.41, 5.74) is 2.15. The normalized spacial score (nSPS) is 14.5. The second-order valence-electron chi connectivity index (χ2n) is 8.71. The Morgan fingerprint density at radius 1 is 0.818 bits per heavy atom. The number of carbonyl (C=O) groups is 1. The molecule has 5 nitrogen and oxygen atoms in total. The lowest BCUT2D eigenvalue weighted by Crippen LogP contribution is -2.40. The molecule has 0 saturated carbocycles. The van der Waals surface area contributed by atoms with Gasteiger partial charge in [0.25, 0.3) is 11.5 Å². The van der Waals surface area contributed by atoms with Gasteiger partial charge in [-0.25, -0.2) is 0 Å². The Bertz CT molecular complexity index is 1310. The van der Waals surface area contributed by atoms with E-state index in [1.807, 2.05) is 59.5 Å². The zero-order chi connectivity index (χ0) is 22.6. The van der Waals surface area contributed by atoms with Gasteiger partial charge in [-0.05, 0) is 55.4 Å². The number of hydrogen-bond acceptors (Lipinski definition) is 3. The zero-order valence-corrected chi connectivity index (χ0v) is 18.6. The van der Waals surface area contributed by atoms with Gasteiger partial charge in [0.15, 0.2) is 5.69 Å². The number of para-hydroxylation sites is 1. The van der Waals surface area contributed by atoms with Gasteiger partial charge in [-0.3, -0.25) is 9.59 Å². The smallest absolute Gasteiger partial charge is 0.279 e. The summed E-state index contributed by atoms with van der Waals surface area (Å²) in [6, 6.07) is 27.1. The number of benzene rings is 3. The van der Waals surface area contributed by atoms with Crippen LogP contribution in [0.2, 0.25) is 0 Å². The summed E-state index contributed by atoms with van der Waals surface area (Å²) in [5.74, 6) is 0.523. The number of fused-ring (bicyclic) bond motifs is 1. The molecule has 0 bridgehead atoms. The molecule has 5 rings (SSSR count). The molecule has 0 N–H and O–H groups in total. The number of likely N-dealkylation sites (tertiary alicyclic amines) is 1. The highest BCUT2D eigenvalue weighted by atomic mass is 16.2. The average molecular weight is 438 g/mol. The highest BCUT2D eigenvalue weighted by molar-refractivity contribution is 6.04. The average Bonchev–Trinajstić information content (AvgIpc) is 2.89. The summed E-state index contributed by atoms with van der Waals surface area (Å²) in [7, 11) is 0. The first kappa shape index (κ1) is 21.1. The van der Waals surface area contributed by atoms with E-state index in [9.17, 15) is 9.59 Å². The van der Waals surface area contributed by atoms with Crippen LogP contribution in [-0.2, 0) is 6.42 Å². The maximum absolute atomic E-state index is 13.5. The molecule has 1 aliphatic rings. The van der Waals surface area contributed by atoms with E-state index in [1.165, 1.54) is 10.2 Å². The van der Waals surface area contributed by atoms with E-state index in [4.69, 9.17) is 0 Å². The number of carbonyl (C=O) groups excluding carboxylic acids is 1. The first-order valence-corrected chi connectivity index (χ1v) is 11.6. The van der Waals surface area contributed by atoms with Gasteiger partial charge in [0, 0.05) is 18.5 Å². The first-order chi connectivity index (χ1) is 16.2. The number of aromatic nitrogens is 2. The van der Waals surface area contributed by atoms with Crippen LogP contribution in [0.25, 0.3) is 16.5 Å². The lowest BCUT2D eigenvalue weighted by atomic mass is 9.90. The topological polar surface area (TPSA) is 55.2 Å². The van der Waals surface area contributed by atoms with Gasteiger partial charge < -0.3 is 4.90 Å². The van der Waals surface area contributed by atoms with Gasteiger partial charge in [-0.15, -0.1) is 0 Å². The van der Waals surface area contributed by atoms with Crippen LogP contribution in [0.5, 0.6) is 0 Å². The van der Waals surface area contributed by atoms with Crippen LogP contribution in [0.4, 0.5) is 0 Å². The van der Waals surface area contributed by atoms with E-state index < -0.39 is 0 Å². The molecule has 0 aliphatic carbocycles. The van der Waals surface area contributed by atoms with E-state index in [0.717, 1.165) is 38.8 Å². The number of aryl methyl sites for hydroxylation is 1. The fourth-order valence-electron chi connectivity index (χ4n) is 4.68. The van der Waals surface area contributed by atoms with Crippen LogP contribution in [0.15, 0.2) is 89.7 Å². The highest BCUT2D eigenvalue weighted by Gasteiger charge is 2.27. The van der Waals surface area contributed by atoms with Crippen LogP contribution in [-0.4, -0.2) is 33.7 Å². The number of amides is 1. The van der Waals surface area contributed by atoms with E-state index in [0.29, 0.717) is 28.1 Å². The molecule has 0 unspecified atom stereocenters. The molecule has 0 spiro atoms. The van der Waals surface area contributed by atoms with Crippen molar-refractivity contribution < 1.29 is 4.79 Å². The van der Waals surface area contributed by atoms with Gasteiger partial charge in [-0.1, -0.05) is 66.7 Å². The molecule has 1 aromatic heterocycles. The fourth-order valence-corrected chi connectivity index (χ4v) is 4.68. The maximum Gasteiger partial charge on any atom is 0.279 e. The van der Waals surface area contributed by atoms with Gasteiger partial charge in [0.05, 0.1) is 11.1 Å². The highest BCUT2D eigenvalue weighted by Crippen LogP contribution is 2.25. The lowest BCUT2D eigenvalue weighted by molar-refractivity contribution is 0.0681. The molecular weight excluding hydrogens is 410 g/mol. The third-order valence-electron chi connectivity index (χ3n) is 6.59. The quantitative estimate of drug-likeness (QED) is 0.448. The minimum Gasteiger partial charge on any atom is -0.337 e. The molecule has 1 saturated heterocycles. The van der Waals surface area contributed by atoms with Crippen molar-refractivity contribution in [2.45, 2.75) is 25.7 Å². The van der Waals surface area contributed by atoms with Gasteiger partial charge in [0.1, 0.15) is 0 Å². The third kappa shape index (κ3) is 4.44. The molecule has 1 amide bonds. The fraction of sp³-hybridized carbons (Fsp3) is 0.250. The molecule has 33 heavy (non-hydrogen) atoms. The van der Waals surface area contributed by atoms with Crippen molar-refractivity contribution in [1.29, 1.82) is 0 Å². The Kier molecular flexibility index (Phi) is 6.03. The molecule has 0 radical (unpaired) electrons. The molecule has 3 aromatic carbocycles. The molecule has 1 fully saturated rings. The summed E-state index contributed by atoms with van der Waals surface area (Å²) in [4.78, 5) is 28.5. The van der Waals surface area contributed by atoms with Crippen molar-refractivity contribution in [2.75, 3.05) is 13.1 Å². The lowest BCUT2D eigenvalue weighted by Gasteiger charge is -2.32. The maximum atomic E-state index is 13.5. The second-order valence-corrected chi connectivity index (χ2v) is 8.71. The van der Waals surface area contributed by atoms with Crippen LogP contribution >= 0.6 is 0 Å². The SMILES string of the molecule is O=C(c1nn(-c2ccccc2)c(=O)c2ccccc12)N1CCC(CCc2ccccc2)CC1. The zero-order valence-electron chi connectivity index (χ0n) is 18.6. The minimum absolute atomic E-state index is 0.0996. The van der Waals surface area contributed by atoms with Crippen LogP contribution < -0.4 is 5.56 Å². The van der Waals surface area contributed by atoms with Gasteiger partial charge >= 0.3 is 0 Å². The van der Waals surface area contributed by atoms with Crippen molar-refractivity contribution in [1.82, 2.24) is 14.7 Å². The van der Waals surface area contributed by atoms with Crippen LogP contribution in [0.3, 0.4) is 0 Å². The van der Waals surface area contributed by atoms with Crippen LogP contribution in [0, 0.1) is 5.92 Å². The summed E-state index contributed by atoms with van der Waals surface area (Å²) in [6.07, 6.45) is 4.21. The first-order valence-electron chi connectivity index (χ1n) is 11.6. The summed E-state index contributed by atoms with van der Waals surface area (Å²) in [6.45, 7) is 1.44. The molecule has 1 aliphatic heterocycles. The van der Waals surface area contributed by atoms with Gasteiger partial charge in [-0.2, -0.15) is 9.78 Å². The van der Waals surface area contributed by atoms with E-state index in [-0.39, 0.29) is 11.5 Å². The Labute approximate surface area is 193 Å². The summed E-state index contributed by atoms with van der Waals surface area (Å²) < 4.78 is 1.35. The largest absolute Gasteiger partial charge is 0.337 e. The molecule has 0 atom stereocenters. The minimum atomic E-state index is -0.215.